The zero-order valence-electron chi connectivity index (χ0n) is 21.3. The number of benzene rings is 1. The summed E-state index contributed by atoms with van der Waals surface area (Å²) >= 11 is 0. The van der Waals surface area contributed by atoms with E-state index in [1.807, 2.05) is 18.2 Å². The van der Waals surface area contributed by atoms with E-state index in [-0.39, 0.29) is 6.04 Å². The molecule has 0 bridgehead atoms. The molecular formula is C26H34N7O3P. The maximum atomic E-state index is 12.0. The van der Waals surface area contributed by atoms with Gasteiger partial charge in [-0.2, -0.15) is 0 Å². The van der Waals surface area contributed by atoms with Gasteiger partial charge in [-0.05, 0) is 0 Å². The number of H-pyrrole nitrogens is 1. The van der Waals surface area contributed by atoms with Gasteiger partial charge in [0.2, 0.25) is 0 Å². The molecule has 196 valence electrons. The quantitative estimate of drug-likeness (QED) is 0.345. The molecule has 3 aromatic rings. The summed E-state index contributed by atoms with van der Waals surface area (Å²) in [6, 6.07) is 9.00. The maximum absolute atomic E-state index is 12.0. The molecule has 2 saturated heterocycles. The number of nitriles is 1. The van der Waals surface area contributed by atoms with Crippen LogP contribution >= 0.6 is 6.83 Å². The molecule has 6 rings (SSSR count). The Balaban J connectivity index is 1.29. The molecule has 1 aliphatic carbocycles. The number of hydrogen-bond donors (Lipinski definition) is 4. The monoisotopic (exact) mass is 523 g/mol. The standard InChI is InChI=1S/C26H34N7O3P/c1-35-22-13-20(37(2,34)11-8-33(9-12-37)19-3-4-19)5-6-21(22)30-26-31-24-23(17(14-27)15-28-24)25(32-26)29-18-7-10-36-16-18/h5-6,13,15,18-19,34H,3-4,7-12,16H2,1-2H3,(H3,28,29,30,31,32). The van der Waals surface area contributed by atoms with Gasteiger partial charge >= 0.3 is 216 Å². The summed E-state index contributed by atoms with van der Waals surface area (Å²) in [5, 5.41) is 17.9. The van der Waals surface area contributed by atoms with Crippen molar-refractivity contribution in [3.8, 4) is 11.8 Å². The SMILES string of the molecule is COc1cc(P2(C)(O)CCN(C3CC3)CC2)ccc1Nc1nc(NC2CCOC2)c2c(C#N)c[nH]c2n1. The molecule has 4 N–H and O–H groups in total. The fraction of sp³-hybridized carbons (Fsp3) is 0.500. The number of rotatable bonds is 7. The van der Waals surface area contributed by atoms with Gasteiger partial charge in [-0.25, -0.2) is 0 Å². The van der Waals surface area contributed by atoms with E-state index in [0.717, 1.165) is 43.2 Å². The summed E-state index contributed by atoms with van der Waals surface area (Å²) in [7, 11) is 1.63. The van der Waals surface area contributed by atoms with Gasteiger partial charge in [0.1, 0.15) is 0 Å². The van der Waals surface area contributed by atoms with Crippen molar-refractivity contribution in [3.63, 3.8) is 0 Å². The summed E-state index contributed by atoms with van der Waals surface area (Å²) < 4.78 is 11.3. The topological polar surface area (TPSA) is 131 Å². The summed E-state index contributed by atoms with van der Waals surface area (Å²) in [6.07, 6.45) is 6.73. The molecular weight excluding hydrogens is 489 g/mol. The number of hydrogen-bond acceptors (Lipinski definition) is 9. The predicted molar refractivity (Wildman–Crippen MR) is 147 cm³/mol. The van der Waals surface area contributed by atoms with E-state index in [0.29, 0.717) is 53.0 Å². The molecule has 3 aliphatic rings. The number of ether oxygens (including phenoxy) is 2. The first-order chi connectivity index (χ1) is 17.8. The summed E-state index contributed by atoms with van der Waals surface area (Å²) in [5.74, 6) is 1.60. The average molecular weight is 524 g/mol. The first kappa shape index (κ1) is 24.4. The van der Waals surface area contributed by atoms with E-state index in [9.17, 15) is 10.2 Å². The summed E-state index contributed by atoms with van der Waals surface area (Å²) in [6.45, 7) is 2.25. The minimum atomic E-state index is -3.03. The van der Waals surface area contributed by atoms with Crippen LogP contribution in [0.4, 0.5) is 17.5 Å². The molecule has 0 spiro atoms. The van der Waals surface area contributed by atoms with Gasteiger partial charge in [-0.15, -0.1) is 0 Å². The van der Waals surface area contributed by atoms with Crippen molar-refractivity contribution in [2.24, 2.45) is 0 Å². The molecule has 37 heavy (non-hydrogen) atoms. The van der Waals surface area contributed by atoms with Gasteiger partial charge < -0.3 is 0 Å². The average Bonchev–Trinajstić information content (AvgIpc) is 3.44. The normalized spacial score (nSPS) is 24.2. The van der Waals surface area contributed by atoms with Crippen molar-refractivity contribution in [2.45, 2.75) is 31.3 Å². The number of anilines is 3. The first-order valence-electron chi connectivity index (χ1n) is 12.9. The van der Waals surface area contributed by atoms with E-state index in [2.05, 4.69) is 38.2 Å². The van der Waals surface area contributed by atoms with Gasteiger partial charge in [0.25, 0.3) is 0 Å². The van der Waals surface area contributed by atoms with Gasteiger partial charge in [-0.1, -0.05) is 0 Å². The number of nitrogens with one attached hydrogen (secondary N) is 3. The van der Waals surface area contributed by atoms with Crippen LogP contribution in [-0.2, 0) is 4.74 Å². The van der Waals surface area contributed by atoms with Crippen LogP contribution in [0.2, 0.25) is 0 Å². The minimum absolute atomic E-state index is 0.124. The van der Waals surface area contributed by atoms with Crippen molar-refractivity contribution < 1.29 is 14.4 Å². The fourth-order valence-corrected chi connectivity index (χ4v) is 8.80. The van der Waals surface area contributed by atoms with E-state index in [4.69, 9.17) is 14.5 Å². The molecule has 1 saturated carbocycles. The molecule has 11 heteroatoms. The molecule has 2 aliphatic heterocycles. The second-order valence-electron chi connectivity index (χ2n) is 10.8. The first-order valence-corrected chi connectivity index (χ1v) is 15.9. The third-order valence-electron chi connectivity index (χ3n) is 8.12. The van der Waals surface area contributed by atoms with Crippen molar-refractivity contribution in [1.29, 1.82) is 5.26 Å². The van der Waals surface area contributed by atoms with Crippen LogP contribution in [0.15, 0.2) is 24.4 Å². The Labute approximate surface area is 216 Å². The van der Waals surface area contributed by atoms with Crippen LogP contribution in [0.3, 0.4) is 0 Å². The van der Waals surface area contributed by atoms with Gasteiger partial charge in [-0.3, -0.25) is 0 Å². The Morgan fingerprint density at radius 3 is 2.73 bits per heavy atom. The molecule has 2 aromatic heterocycles. The molecule has 10 nitrogen and oxygen atoms in total. The second-order valence-corrected chi connectivity index (χ2v) is 16.2. The van der Waals surface area contributed by atoms with Crippen molar-refractivity contribution in [3.05, 3.63) is 30.0 Å². The van der Waals surface area contributed by atoms with Crippen molar-refractivity contribution in [2.75, 3.05) is 63.0 Å². The van der Waals surface area contributed by atoms with E-state index < -0.39 is 6.83 Å². The molecule has 0 radical (unpaired) electrons. The number of nitrogens with zero attached hydrogens (tertiary/aromatic N) is 4. The molecule has 0 amide bonds. The summed E-state index contributed by atoms with van der Waals surface area (Å²) in [4.78, 5) is 27.0. The molecule has 4 heterocycles. The number of aromatic amines is 1. The summed E-state index contributed by atoms with van der Waals surface area (Å²) in [5.41, 5.74) is 1.77. The van der Waals surface area contributed by atoms with E-state index in [1.165, 1.54) is 12.8 Å². The third kappa shape index (κ3) is 4.62. The van der Waals surface area contributed by atoms with Crippen LogP contribution in [0.25, 0.3) is 11.0 Å². The number of aromatic nitrogens is 3. The molecule has 3 fully saturated rings. The Hall–Kier alpha value is -2.96. The van der Waals surface area contributed by atoms with Crippen LogP contribution in [-0.4, -0.2) is 89.2 Å². The van der Waals surface area contributed by atoms with Gasteiger partial charge in [0, 0.05) is 0 Å². The fourth-order valence-electron chi connectivity index (χ4n) is 5.50. The van der Waals surface area contributed by atoms with Crippen molar-refractivity contribution in [1.82, 2.24) is 19.9 Å². The Bertz CT molecular complexity index is 1360. The number of methoxy groups -OCH3 is 1. The zero-order valence-corrected chi connectivity index (χ0v) is 22.2. The Morgan fingerprint density at radius 1 is 1.24 bits per heavy atom. The molecule has 1 unspecified atom stereocenters. The zero-order chi connectivity index (χ0) is 25.6. The van der Waals surface area contributed by atoms with Gasteiger partial charge in [0.15, 0.2) is 0 Å². The molecule has 1 atom stereocenters. The molecule has 1 aromatic carbocycles. The van der Waals surface area contributed by atoms with Crippen LogP contribution in [0.1, 0.15) is 24.8 Å². The van der Waals surface area contributed by atoms with E-state index in [1.54, 1.807) is 13.3 Å². The number of fused-ring (bicyclic) bond motifs is 1. The second kappa shape index (κ2) is 9.10. The predicted octanol–water partition coefficient (Wildman–Crippen LogP) is 2.98. The Kier molecular flexibility index (Phi) is 6.00. The van der Waals surface area contributed by atoms with Crippen LogP contribution < -0.4 is 20.7 Å². The van der Waals surface area contributed by atoms with Crippen LogP contribution in [0, 0.1) is 11.3 Å². The van der Waals surface area contributed by atoms with Gasteiger partial charge in [0.05, 0.1) is 0 Å². The van der Waals surface area contributed by atoms with Crippen LogP contribution in [0.5, 0.6) is 5.75 Å². The Morgan fingerprint density at radius 2 is 2.05 bits per heavy atom. The van der Waals surface area contributed by atoms with Crippen molar-refractivity contribution >= 4 is 40.6 Å². The third-order valence-corrected chi connectivity index (χ3v) is 12.6. The van der Waals surface area contributed by atoms with E-state index >= 15 is 0 Å².